The average molecular weight is 338 g/mol. The zero-order valence-corrected chi connectivity index (χ0v) is 12.1. The monoisotopic (exact) mass is 338 g/mol. The number of carbonyl (C=O) groups is 1. The van der Waals surface area contributed by atoms with E-state index in [1.54, 1.807) is 0 Å². The van der Waals surface area contributed by atoms with Crippen molar-refractivity contribution in [2.24, 2.45) is 0 Å². The number of anilines is 1. The summed E-state index contributed by atoms with van der Waals surface area (Å²) in [5.74, 6) is -0.591. The Labute approximate surface area is 124 Å². The molecule has 1 heterocycles. The predicted molar refractivity (Wildman–Crippen MR) is 72.4 cm³/mol. The molecule has 0 radical (unpaired) electrons. The van der Waals surface area contributed by atoms with Gasteiger partial charge in [-0.15, -0.1) is 13.2 Å². The van der Waals surface area contributed by atoms with Crippen molar-refractivity contribution in [3.05, 3.63) is 24.3 Å². The zero-order valence-electron chi connectivity index (χ0n) is 11.3. The lowest BCUT2D eigenvalue weighted by atomic mass is 10.3. The molecule has 1 N–H and O–H groups in total. The molecule has 0 spiro atoms. The molecule has 1 aromatic rings. The molecule has 0 unspecified atom stereocenters. The molecule has 2 rings (SSSR count). The van der Waals surface area contributed by atoms with E-state index in [9.17, 15) is 26.4 Å². The molecular formula is C12H13F3N2O4S. The maximum absolute atomic E-state index is 12.0. The van der Waals surface area contributed by atoms with Crippen LogP contribution in [0.4, 0.5) is 23.7 Å². The summed E-state index contributed by atoms with van der Waals surface area (Å²) >= 11 is 0. The van der Waals surface area contributed by atoms with E-state index in [4.69, 9.17) is 0 Å². The maximum Gasteiger partial charge on any atom is 0.573 e. The van der Waals surface area contributed by atoms with Crippen molar-refractivity contribution in [1.29, 1.82) is 0 Å². The fourth-order valence-corrected chi connectivity index (χ4v) is 3.06. The summed E-state index contributed by atoms with van der Waals surface area (Å²) < 4.78 is 62.3. The number of ether oxygens (including phenoxy) is 1. The SMILES string of the molecule is O=C(Nc1ccc(OC(F)(F)F)cc1)N1CCS(=O)(=O)CC1. The zero-order chi connectivity index (χ0) is 16.4. The molecule has 0 saturated carbocycles. The molecule has 10 heteroatoms. The first-order valence-corrected chi connectivity index (χ1v) is 8.09. The molecule has 0 aromatic heterocycles. The van der Waals surface area contributed by atoms with Crippen LogP contribution in [0.1, 0.15) is 0 Å². The second-order valence-electron chi connectivity index (χ2n) is 4.64. The minimum atomic E-state index is -4.77. The molecule has 1 fully saturated rings. The van der Waals surface area contributed by atoms with Crippen molar-refractivity contribution in [3.8, 4) is 5.75 Å². The highest BCUT2D eigenvalue weighted by Gasteiger charge is 2.31. The Balaban J connectivity index is 1.92. The van der Waals surface area contributed by atoms with Crippen LogP contribution in [-0.2, 0) is 9.84 Å². The van der Waals surface area contributed by atoms with E-state index in [2.05, 4.69) is 10.1 Å². The normalized spacial score (nSPS) is 17.9. The number of benzene rings is 1. The van der Waals surface area contributed by atoms with E-state index in [1.807, 2.05) is 0 Å². The second kappa shape index (κ2) is 6.03. The highest BCUT2D eigenvalue weighted by Crippen LogP contribution is 2.24. The van der Waals surface area contributed by atoms with Gasteiger partial charge in [0.05, 0.1) is 11.5 Å². The standard InChI is InChI=1S/C12H13F3N2O4S/c13-12(14,15)21-10-3-1-9(2-4-10)16-11(18)17-5-7-22(19,20)8-6-17/h1-4H,5-8H2,(H,16,18). The van der Waals surface area contributed by atoms with E-state index in [0.717, 1.165) is 12.1 Å². The largest absolute Gasteiger partial charge is 0.573 e. The Morgan fingerprint density at radius 2 is 1.68 bits per heavy atom. The summed E-state index contributed by atoms with van der Waals surface area (Å²) in [5.41, 5.74) is 0.285. The highest BCUT2D eigenvalue weighted by atomic mass is 32.2. The highest BCUT2D eigenvalue weighted by molar-refractivity contribution is 7.91. The average Bonchev–Trinajstić information content (AvgIpc) is 2.39. The molecule has 6 nitrogen and oxygen atoms in total. The summed E-state index contributed by atoms with van der Waals surface area (Å²) in [6.07, 6.45) is -4.77. The molecule has 0 atom stereocenters. The molecular weight excluding hydrogens is 325 g/mol. The third kappa shape index (κ3) is 4.79. The van der Waals surface area contributed by atoms with Crippen molar-refractivity contribution in [3.63, 3.8) is 0 Å². The molecule has 1 aliphatic heterocycles. The third-order valence-corrected chi connectivity index (χ3v) is 4.58. The fraction of sp³-hybridized carbons (Fsp3) is 0.417. The van der Waals surface area contributed by atoms with Gasteiger partial charge in [0.15, 0.2) is 9.84 Å². The number of hydrogen-bond acceptors (Lipinski definition) is 4. The van der Waals surface area contributed by atoms with Crippen molar-refractivity contribution in [1.82, 2.24) is 4.90 Å². The smallest absolute Gasteiger partial charge is 0.406 e. The van der Waals surface area contributed by atoms with Crippen LogP contribution in [0.2, 0.25) is 0 Å². The Morgan fingerprint density at radius 3 is 2.18 bits per heavy atom. The van der Waals surface area contributed by atoms with Crippen molar-refractivity contribution < 1.29 is 31.1 Å². The molecule has 1 aromatic carbocycles. The maximum atomic E-state index is 12.0. The first-order valence-electron chi connectivity index (χ1n) is 6.27. The molecule has 22 heavy (non-hydrogen) atoms. The minimum Gasteiger partial charge on any atom is -0.406 e. The number of alkyl halides is 3. The summed E-state index contributed by atoms with van der Waals surface area (Å²) in [4.78, 5) is 13.2. The van der Waals surface area contributed by atoms with E-state index < -0.39 is 28.0 Å². The van der Waals surface area contributed by atoms with Crippen molar-refractivity contribution in [2.45, 2.75) is 6.36 Å². The lowest BCUT2D eigenvalue weighted by molar-refractivity contribution is -0.274. The summed E-state index contributed by atoms with van der Waals surface area (Å²) in [6.45, 7) is 0.173. The molecule has 1 saturated heterocycles. The number of urea groups is 1. The van der Waals surface area contributed by atoms with Crippen LogP contribution in [0.15, 0.2) is 24.3 Å². The number of sulfone groups is 1. The summed E-state index contributed by atoms with van der Waals surface area (Å²) in [7, 11) is -3.09. The Bertz CT molecular complexity index is 629. The topological polar surface area (TPSA) is 75.7 Å². The third-order valence-electron chi connectivity index (χ3n) is 2.97. The second-order valence-corrected chi connectivity index (χ2v) is 6.94. The Hall–Kier alpha value is -1.97. The summed E-state index contributed by atoms with van der Waals surface area (Å²) in [5, 5.41) is 2.48. The van der Waals surface area contributed by atoms with E-state index >= 15 is 0 Å². The van der Waals surface area contributed by atoms with Gasteiger partial charge in [-0.1, -0.05) is 0 Å². The Morgan fingerprint density at radius 1 is 1.14 bits per heavy atom. The quantitative estimate of drug-likeness (QED) is 0.893. The van der Waals surface area contributed by atoms with Crippen LogP contribution >= 0.6 is 0 Å². The van der Waals surface area contributed by atoms with Gasteiger partial charge in [0.25, 0.3) is 0 Å². The van der Waals surface area contributed by atoms with Crippen LogP contribution in [0.25, 0.3) is 0 Å². The van der Waals surface area contributed by atoms with Crippen molar-refractivity contribution in [2.75, 3.05) is 29.9 Å². The van der Waals surface area contributed by atoms with Crippen LogP contribution in [-0.4, -0.2) is 50.3 Å². The van der Waals surface area contributed by atoms with Gasteiger partial charge in [-0.05, 0) is 24.3 Å². The number of rotatable bonds is 2. The van der Waals surface area contributed by atoms with Gasteiger partial charge in [0, 0.05) is 18.8 Å². The molecule has 0 bridgehead atoms. The van der Waals surface area contributed by atoms with Gasteiger partial charge in [-0.25, -0.2) is 13.2 Å². The van der Waals surface area contributed by atoms with E-state index in [1.165, 1.54) is 17.0 Å². The van der Waals surface area contributed by atoms with Gasteiger partial charge in [0.2, 0.25) is 0 Å². The first-order chi connectivity index (χ1) is 10.1. The van der Waals surface area contributed by atoms with Gasteiger partial charge in [-0.2, -0.15) is 0 Å². The molecule has 2 amide bonds. The Kier molecular flexibility index (Phi) is 4.50. The first kappa shape index (κ1) is 16.4. The van der Waals surface area contributed by atoms with E-state index in [-0.39, 0.29) is 30.3 Å². The van der Waals surface area contributed by atoms with Crippen LogP contribution in [0, 0.1) is 0 Å². The minimum absolute atomic E-state index is 0.0867. The summed E-state index contributed by atoms with van der Waals surface area (Å²) in [6, 6.07) is 4.17. The number of hydrogen-bond donors (Lipinski definition) is 1. The van der Waals surface area contributed by atoms with Gasteiger partial charge >= 0.3 is 12.4 Å². The van der Waals surface area contributed by atoms with Crippen molar-refractivity contribution >= 4 is 21.6 Å². The lowest BCUT2D eigenvalue weighted by Crippen LogP contribution is -2.45. The lowest BCUT2D eigenvalue weighted by Gasteiger charge is -2.26. The fourth-order valence-electron chi connectivity index (χ4n) is 1.86. The van der Waals surface area contributed by atoms with Crippen LogP contribution in [0.3, 0.4) is 0 Å². The number of amides is 2. The number of carbonyl (C=O) groups excluding carboxylic acids is 1. The van der Waals surface area contributed by atoms with Crippen LogP contribution in [0.5, 0.6) is 5.75 Å². The van der Waals surface area contributed by atoms with Gasteiger partial charge in [0.1, 0.15) is 5.75 Å². The molecule has 122 valence electrons. The number of nitrogens with one attached hydrogen (secondary N) is 1. The molecule has 1 aliphatic rings. The number of halogens is 3. The number of nitrogens with zero attached hydrogens (tertiary/aromatic N) is 1. The molecule has 0 aliphatic carbocycles. The van der Waals surface area contributed by atoms with Gasteiger partial charge < -0.3 is 15.0 Å². The van der Waals surface area contributed by atoms with Gasteiger partial charge in [-0.3, -0.25) is 0 Å². The van der Waals surface area contributed by atoms with Crippen LogP contribution < -0.4 is 10.1 Å². The predicted octanol–water partition coefficient (Wildman–Crippen LogP) is 1.85. The van der Waals surface area contributed by atoms with E-state index in [0.29, 0.717) is 0 Å².